The van der Waals surface area contributed by atoms with E-state index >= 15 is 0 Å². The molecule has 0 radical (unpaired) electrons. The summed E-state index contributed by atoms with van der Waals surface area (Å²) in [6, 6.07) is 9.63. The summed E-state index contributed by atoms with van der Waals surface area (Å²) in [5.41, 5.74) is 6.05. The first kappa shape index (κ1) is 18.8. The van der Waals surface area contributed by atoms with Gasteiger partial charge in [0.05, 0.1) is 11.0 Å². The van der Waals surface area contributed by atoms with Gasteiger partial charge in [-0.1, -0.05) is 18.2 Å². The van der Waals surface area contributed by atoms with E-state index in [1.165, 1.54) is 6.42 Å². The Labute approximate surface area is 179 Å². The molecule has 1 aromatic heterocycles. The highest BCUT2D eigenvalue weighted by atomic mass is 35.5. The lowest BCUT2D eigenvalue weighted by atomic mass is 9.46. The van der Waals surface area contributed by atoms with Crippen LogP contribution in [0.2, 0.25) is 5.28 Å². The van der Waals surface area contributed by atoms with Crippen molar-refractivity contribution in [2.45, 2.75) is 44.1 Å². The molecule has 0 spiro atoms. The molecule has 4 bridgehead atoms. The number of halogens is 1. The second kappa shape index (κ2) is 6.95. The second-order valence-corrected chi connectivity index (χ2v) is 9.57. The van der Waals surface area contributed by atoms with Crippen LogP contribution in [-0.4, -0.2) is 25.8 Å². The van der Waals surface area contributed by atoms with Crippen LogP contribution in [0.15, 0.2) is 36.7 Å². The number of hydrogen-bond acceptors (Lipinski definition) is 4. The number of nitrogens with zero attached hydrogens (tertiary/aromatic N) is 3. The number of nitrogens with one attached hydrogen (secondary N) is 3. The molecule has 4 fully saturated rings. The Balaban J connectivity index is 1.30. The van der Waals surface area contributed by atoms with Gasteiger partial charge >= 0.3 is 0 Å². The number of anilines is 1. The van der Waals surface area contributed by atoms with Crippen LogP contribution in [0.3, 0.4) is 0 Å². The molecule has 152 valence electrons. The standard InChI is InChI=1S/C20H23ClN6OS/c21-17-22-12-27(26-17)20-9-13-6-14(10-20)8-19(7-13,11-20)16(28)24-25-18(29)23-15-4-2-1-3-5-15/h1-5,12-14H,6-11H2,(H,24,28)(H2,23,25,29)/t13-,14+,19?,20?. The fourth-order valence-corrected chi connectivity index (χ4v) is 6.44. The zero-order valence-corrected chi connectivity index (χ0v) is 17.5. The van der Waals surface area contributed by atoms with Gasteiger partial charge in [0, 0.05) is 5.69 Å². The largest absolute Gasteiger partial charge is 0.331 e. The van der Waals surface area contributed by atoms with Gasteiger partial charge in [0.1, 0.15) is 6.33 Å². The minimum atomic E-state index is -0.405. The van der Waals surface area contributed by atoms with Gasteiger partial charge in [0.2, 0.25) is 11.2 Å². The first-order valence-electron chi connectivity index (χ1n) is 9.97. The van der Waals surface area contributed by atoms with Crippen molar-refractivity contribution in [3.8, 4) is 0 Å². The molecule has 4 aliphatic rings. The number of para-hydroxylation sites is 1. The molecule has 4 saturated carbocycles. The van der Waals surface area contributed by atoms with E-state index in [0.717, 1.165) is 37.8 Å². The summed E-state index contributed by atoms with van der Waals surface area (Å²) in [4.78, 5) is 17.4. The van der Waals surface area contributed by atoms with Crippen LogP contribution >= 0.6 is 23.8 Å². The van der Waals surface area contributed by atoms with Crippen molar-refractivity contribution >= 4 is 40.5 Å². The lowest BCUT2D eigenvalue weighted by Gasteiger charge is -2.60. The van der Waals surface area contributed by atoms with Crippen molar-refractivity contribution in [2.24, 2.45) is 17.3 Å². The summed E-state index contributed by atoms with van der Waals surface area (Å²) in [6.07, 6.45) is 7.59. The van der Waals surface area contributed by atoms with E-state index in [1.54, 1.807) is 6.33 Å². The summed E-state index contributed by atoms with van der Waals surface area (Å²) in [7, 11) is 0. The predicted molar refractivity (Wildman–Crippen MR) is 114 cm³/mol. The zero-order valence-electron chi connectivity index (χ0n) is 15.9. The Morgan fingerprint density at radius 3 is 2.52 bits per heavy atom. The smallest absolute Gasteiger partial charge is 0.244 e. The fraction of sp³-hybridized carbons (Fsp3) is 0.500. The van der Waals surface area contributed by atoms with Crippen molar-refractivity contribution in [1.82, 2.24) is 25.6 Å². The van der Waals surface area contributed by atoms with Crippen LogP contribution in [0.5, 0.6) is 0 Å². The average Bonchev–Trinajstić information content (AvgIpc) is 3.13. The number of amides is 1. The molecule has 1 heterocycles. The van der Waals surface area contributed by atoms with Crippen LogP contribution in [0.1, 0.15) is 38.5 Å². The summed E-state index contributed by atoms with van der Waals surface area (Å²) in [5, 5.41) is 8.11. The lowest BCUT2D eigenvalue weighted by Crippen LogP contribution is -2.62. The Morgan fingerprint density at radius 1 is 1.14 bits per heavy atom. The normalized spacial score (nSPS) is 32.0. The van der Waals surface area contributed by atoms with E-state index in [-0.39, 0.29) is 16.7 Å². The summed E-state index contributed by atoms with van der Waals surface area (Å²) in [6.45, 7) is 0. The molecule has 7 nitrogen and oxygen atoms in total. The first-order chi connectivity index (χ1) is 14.0. The van der Waals surface area contributed by atoms with E-state index < -0.39 is 5.41 Å². The number of carbonyl (C=O) groups is 1. The number of aromatic nitrogens is 3. The zero-order chi connectivity index (χ0) is 20.1. The lowest BCUT2D eigenvalue weighted by molar-refractivity contribution is -0.156. The second-order valence-electron chi connectivity index (χ2n) is 8.82. The van der Waals surface area contributed by atoms with E-state index in [2.05, 4.69) is 26.3 Å². The van der Waals surface area contributed by atoms with Crippen molar-refractivity contribution in [1.29, 1.82) is 0 Å². The molecular weight excluding hydrogens is 408 g/mol. The SMILES string of the molecule is O=C(NNC(=S)Nc1ccccc1)C12C[C@H]3C[C@@H](C1)CC(n1cnc(Cl)n1)(C3)C2. The van der Waals surface area contributed by atoms with Gasteiger partial charge in [-0.15, -0.1) is 5.10 Å². The first-order valence-corrected chi connectivity index (χ1v) is 10.8. The molecule has 4 atom stereocenters. The van der Waals surface area contributed by atoms with Gasteiger partial charge in [-0.05, 0) is 86.3 Å². The van der Waals surface area contributed by atoms with Gasteiger partial charge in [0.15, 0.2) is 5.11 Å². The molecule has 3 N–H and O–H groups in total. The Hall–Kier alpha value is -2.19. The van der Waals surface area contributed by atoms with E-state index in [1.807, 2.05) is 35.0 Å². The molecule has 2 unspecified atom stereocenters. The molecule has 1 aromatic carbocycles. The molecule has 6 rings (SSSR count). The van der Waals surface area contributed by atoms with E-state index in [4.69, 9.17) is 23.8 Å². The molecule has 9 heteroatoms. The molecule has 4 aliphatic carbocycles. The molecule has 1 amide bonds. The fourth-order valence-electron chi connectivity index (χ4n) is 6.15. The van der Waals surface area contributed by atoms with Crippen molar-refractivity contribution in [3.05, 3.63) is 41.9 Å². The van der Waals surface area contributed by atoms with Crippen molar-refractivity contribution in [2.75, 3.05) is 5.32 Å². The van der Waals surface area contributed by atoms with E-state index in [0.29, 0.717) is 16.9 Å². The minimum Gasteiger partial charge on any atom is -0.331 e. The monoisotopic (exact) mass is 430 g/mol. The van der Waals surface area contributed by atoms with Crippen molar-refractivity contribution < 1.29 is 4.79 Å². The Bertz CT molecular complexity index is 933. The number of thiocarbonyl (C=S) groups is 1. The van der Waals surface area contributed by atoms with Crippen LogP contribution in [-0.2, 0) is 10.3 Å². The summed E-state index contributed by atoms with van der Waals surface area (Å²) >= 11 is 11.3. The van der Waals surface area contributed by atoms with Crippen LogP contribution in [0, 0.1) is 17.3 Å². The van der Waals surface area contributed by atoms with Gasteiger partial charge in [-0.25, -0.2) is 9.67 Å². The molecule has 0 aliphatic heterocycles. The highest BCUT2D eigenvalue weighted by Gasteiger charge is 2.61. The molecule has 29 heavy (non-hydrogen) atoms. The van der Waals surface area contributed by atoms with Gasteiger partial charge in [-0.2, -0.15) is 0 Å². The predicted octanol–water partition coefficient (Wildman–Crippen LogP) is 3.24. The third-order valence-corrected chi connectivity index (χ3v) is 7.16. The van der Waals surface area contributed by atoms with Gasteiger partial charge < -0.3 is 5.32 Å². The molecule has 0 saturated heterocycles. The molecule has 2 aromatic rings. The quantitative estimate of drug-likeness (QED) is 0.512. The van der Waals surface area contributed by atoms with Gasteiger partial charge in [-0.3, -0.25) is 15.6 Å². The molecular formula is C20H23ClN6OS. The number of benzene rings is 1. The number of carbonyl (C=O) groups excluding carboxylic acids is 1. The van der Waals surface area contributed by atoms with Crippen molar-refractivity contribution in [3.63, 3.8) is 0 Å². The highest BCUT2D eigenvalue weighted by Crippen LogP contribution is 2.64. The number of hydrazine groups is 1. The topological polar surface area (TPSA) is 83.9 Å². The number of hydrogen-bond donors (Lipinski definition) is 3. The minimum absolute atomic E-state index is 0.0133. The van der Waals surface area contributed by atoms with Crippen LogP contribution < -0.4 is 16.2 Å². The van der Waals surface area contributed by atoms with Crippen LogP contribution in [0.25, 0.3) is 0 Å². The number of rotatable bonds is 3. The highest BCUT2D eigenvalue weighted by molar-refractivity contribution is 7.80. The maximum Gasteiger partial charge on any atom is 0.244 e. The maximum atomic E-state index is 13.3. The third kappa shape index (κ3) is 3.38. The third-order valence-electron chi connectivity index (χ3n) is 6.78. The van der Waals surface area contributed by atoms with Gasteiger partial charge in [0.25, 0.3) is 0 Å². The van der Waals surface area contributed by atoms with E-state index in [9.17, 15) is 4.79 Å². The Morgan fingerprint density at radius 2 is 1.86 bits per heavy atom. The maximum absolute atomic E-state index is 13.3. The summed E-state index contributed by atoms with van der Waals surface area (Å²) < 4.78 is 1.92. The Kier molecular flexibility index (Phi) is 4.51. The average molecular weight is 431 g/mol. The van der Waals surface area contributed by atoms with Crippen LogP contribution in [0.4, 0.5) is 5.69 Å². The summed E-state index contributed by atoms with van der Waals surface area (Å²) in [5.74, 6) is 1.07.